The molecule has 0 aliphatic rings. The van der Waals surface area contributed by atoms with E-state index in [-0.39, 0.29) is 6.04 Å². The van der Waals surface area contributed by atoms with Gasteiger partial charge in [-0.25, -0.2) is 9.97 Å². The Morgan fingerprint density at radius 2 is 1.83 bits per heavy atom. The van der Waals surface area contributed by atoms with Gasteiger partial charge < -0.3 is 11.1 Å². The van der Waals surface area contributed by atoms with E-state index in [1.165, 1.54) is 5.56 Å². The van der Waals surface area contributed by atoms with Gasteiger partial charge in [0.2, 0.25) is 5.95 Å². The van der Waals surface area contributed by atoms with Crippen LogP contribution in [0.1, 0.15) is 24.1 Å². The average Bonchev–Trinajstić information content (AvgIpc) is 2.41. The zero-order valence-electron chi connectivity index (χ0n) is 10.1. The lowest BCUT2D eigenvalue weighted by atomic mass is 10.1. The molecule has 3 N–H and O–H groups in total. The van der Waals surface area contributed by atoms with E-state index in [1.807, 2.05) is 12.1 Å². The lowest BCUT2D eigenvalue weighted by molar-refractivity contribution is 0.857. The summed E-state index contributed by atoms with van der Waals surface area (Å²) < 4.78 is 1.03. The van der Waals surface area contributed by atoms with Crippen molar-refractivity contribution in [3.05, 3.63) is 51.4 Å². The third-order valence-electron chi connectivity index (χ3n) is 2.68. The summed E-state index contributed by atoms with van der Waals surface area (Å²) in [5.41, 5.74) is 7.90. The Labute approximate surface area is 120 Å². The minimum absolute atomic E-state index is 0.164. The topological polar surface area (TPSA) is 63.8 Å². The van der Waals surface area contributed by atoms with E-state index in [0.29, 0.717) is 12.5 Å². The van der Waals surface area contributed by atoms with E-state index in [1.54, 1.807) is 12.4 Å². The van der Waals surface area contributed by atoms with E-state index >= 15 is 0 Å². The van der Waals surface area contributed by atoms with Crippen molar-refractivity contribution >= 4 is 28.5 Å². The maximum atomic E-state index is 5.58. The molecular formula is C13H15IN4. The molecule has 1 aromatic heterocycles. The van der Waals surface area contributed by atoms with Gasteiger partial charge in [-0.15, -0.1) is 0 Å². The van der Waals surface area contributed by atoms with Gasteiger partial charge in [0.05, 0.1) is 6.04 Å². The molecule has 0 radical (unpaired) electrons. The standard InChI is InChI=1S/C13H15IN4/c1-9(11-4-2-10(6-15)3-5-11)18-13-16-7-12(14)8-17-13/h2-5,7-9H,6,15H2,1H3,(H,16,17,18). The van der Waals surface area contributed by atoms with Crippen LogP contribution in [0.3, 0.4) is 0 Å². The largest absolute Gasteiger partial charge is 0.348 e. The monoisotopic (exact) mass is 354 g/mol. The number of anilines is 1. The molecule has 5 heteroatoms. The molecule has 0 spiro atoms. The van der Waals surface area contributed by atoms with Crippen LogP contribution in [0.5, 0.6) is 0 Å². The minimum Gasteiger partial charge on any atom is -0.348 e. The van der Waals surface area contributed by atoms with Gasteiger partial charge in [-0.3, -0.25) is 0 Å². The van der Waals surface area contributed by atoms with Gasteiger partial charge in [0.1, 0.15) is 0 Å². The Bertz CT molecular complexity index is 495. The summed E-state index contributed by atoms with van der Waals surface area (Å²) in [5, 5.41) is 3.27. The molecule has 1 atom stereocenters. The minimum atomic E-state index is 0.164. The van der Waals surface area contributed by atoms with E-state index in [0.717, 1.165) is 9.13 Å². The molecular weight excluding hydrogens is 339 g/mol. The summed E-state index contributed by atoms with van der Waals surface area (Å²) in [6, 6.07) is 8.40. The van der Waals surface area contributed by atoms with E-state index in [2.05, 4.69) is 56.9 Å². The van der Waals surface area contributed by atoms with Crippen LogP contribution in [0.2, 0.25) is 0 Å². The number of aromatic nitrogens is 2. The van der Waals surface area contributed by atoms with Crippen LogP contribution < -0.4 is 11.1 Å². The summed E-state index contributed by atoms with van der Waals surface area (Å²) in [4.78, 5) is 8.46. The zero-order valence-corrected chi connectivity index (χ0v) is 12.3. The number of benzene rings is 1. The van der Waals surface area contributed by atoms with E-state index < -0.39 is 0 Å². The molecule has 94 valence electrons. The predicted octanol–water partition coefficient (Wildman–Crippen LogP) is 2.71. The van der Waals surface area contributed by atoms with Crippen molar-refractivity contribution in [1.82, 2.24) is 9.97 Å². The number of rotatable bonds is 4. The number of hydrogen-bond donors (Lipinski definition) is 2. The fourth-order valence-corrected chi connectivity index (χ4v) is 1.88. The highest BCUT2D eigenvalue weighted by Crippen LogP contribution is 2.17. The van der Waals surface area contributed by atoms with Gasteiger partial charge in [0.15, 0.2) is 0 Å². The van der Waals surface area contributed by atoms with Crippen molar-refractivity contribution in [1.29, 1.82) is 0 Å². The number of nitrogens with one attached hydrogen (secondary N) is 1. The molecule has 0 aliphatic heterocycles. The normalized spacial score (nSPS) is 12.2. The van der Waals surface area contributed by atoms with Crippen LogP contribution in [0.25, 0.3) is 0 Å². The first-order valence-electron chi connectivity index (χ1n) is 5.72. The van der Waals surface area contributed by atoms with Crippen molar-refractivity contribution in [3.8, 4) is 0 Å². The SMILES string of the molecule is CC(Nc1ncc(I)cn1)c1ccc(CN)cc1. The van der Waals surface area contributed by atoms with Crippen molar-refractivity contribution < 1.29 is 0 Å². The number of halogens is 1. The summed E-state index contributed by atoms with van der Waals surface area (Å²) >= 11 is 2.18. The molecule has 18 heavy (non-hydrogen) atoms. The maximum absolute atomic E-state index is 5.58. The highest BCUT2D eigenvalue weighted by atomic mass is 127. The van der Waals surface area contributed by atoms with Gasteiger partial charge in [0, 0.05) is 22.5 Å². The molecule has 4 nitrogen and oxygen atoms in total. The van der Waals surface area contributed by atoms with E-state index in [4.69, 9.17) is 5.73 Å². The van der Waals surface area contributed by atoms with Gasteiger partial charge in [-0.05, 0) is 40.6 Å². The highest BCUT2D eigenvalue weighted by Gasteiger charge is 2.06. The Morgan fingerprint density at radius 3 is 2.39 bits per heavy atom. The quantitative estimate of drug-likeness (QED) is 0.829. The van der Waals surface area contributed by atoms with Gasteiger partial charge in [-0.2, -0.15) is 0 Å². The maximum Gasteiger partial charge on any atom is 0.223 e. The molecule has 0 aliphatic carbocycles. The van der Waals surface area contributed by atoms with Crippen LogP contribution >= 0.6 is 22.6 Å². The van der Waals surface area contributed by atoms with Gasteiger partial charge in [-0.1, -0.05) is 24.3 Å². The first-order valence-corrected chi connectivity index (χ1v) is 6.80. The summed E-state index contributed by atoms with van der Waals surface area (Å²) in [6.07, 6.45) is 3.58. The first-order chi connectivity index (χ1) is 8.69. The average molecular weight is 354 g/mol. The molecule has 0 saturated heterocycles. The Morgan fingerprint density at radius 1 is 1.22 bits per heavy atom. The van der Waals surface area contributed by atoms with Crippen molar-refractivity contribution in [2.75, 3.05) is 5.32 Å². The van der Waals surface area contributed by atoms with E-state index in [9.17, 15) is 0 Å². The lowest BCUT2D eigenvalue weighted by Gasteiger charge is -2.14. The Balaban J connectivity index is 2.06. The van der Waals surface area contributed by atoms with Crippen LogP contribution in [0, 0.1) is 3.57 Å². The number of hydrogen-bond acceptors (Lipinski definition) is 4. The van der Waals surface area contributed by atoms with Crippen LogP contribution in [-0.2, 0) is 6.54 Å². The Hall–Kier alpha value is -1.21. The molecule has 1 aromatic carbocycles. The molecule has 0 saturated carbocycles. The highest BCUT2D eigenvalue weighted by molar-refractivity contribution is 14.1. The number of nitrogens with zero attached hydrogens (tertiary/aromatic N) is 2. The molecule has 0 amide bonds. The fraction of sp³-hybridized carbons (Fsp3) is 0.231. The third-order valence-corrected chi connectivity index (χ3v) is 3.24. The van der Waals surface area contributed by atoms with Crippen molar-refractivity contribution in [3.63, 3.8) is 0 Å². The lowest BCUT2D eigenvalue weighted by Crippen LogP contribution is -2.09. The van der Waals surface area contributed by atoms with Crippen molar-refractivity contribution in [2.24, 2.45) is 5.73 Å². The summed E-state index contributed by atoms with van der Waals surface area (Å²) in [7, 11) is 0. The molecule has 2 rings (SSSR count). The second-order valence-corrected chi connectivity index (χ2v) is 5.28. The fourth-order valence-electron chi connectivity index (χ4n) is 1.61. The molecule has 0 bridgehead atoms. The summed E-state index contributed by atoms with van der Waals surface area (Å²) in [5.74, 6) is 0.644. The summed E-state index contributed by atoms with van der Waals surface area (Å²) in [6.45, 7) is 2.65. The zero-order chi connectivity index (χ0) is 13.0. The second kappa shape index (κ2) is 6.10. The van der Waals surface area contributed by atoms with Crippen molar-refractivity contribution in [2.45, 2.75) is 19.5 Å². The smallest absolute Gasteiger partial charge is 0.223 e. The molecule has 1 unspecified atom stereocenters. The predicted molar refractivity (Wildman–Crippen MR) is 81.1 cm³/mol. The van der Waals surface area contributed by atoms with Gasteiger partial charge in [0.25, 0.3) is 0 Å². The Kier molecular flexibility index (Phi) is 4.48. The van der Waals surface area contributed by atoms with Crippen LogP contribution in [-0.4, -0.2) is 9.97 Å². The first kappa shape index (κ1) is 13.2. The second-order valence-electron chi connectivity index (χ2n) is 4.04. The molecule has 0 fully saturated rings. The molecule has 2 aromatic rings. The van der Waals surface area contributed by atoms with Crippen LogP contribution in [0.4, 0.5) is 5.95 Å². The van der Waals surface area contributed by atoms with Crippen LogP contribution in [0.15, 0.2) is 36.7 Å². The van der Waals surface area contributed by atoms with Gasteiger partial charge >= 0.3 is 0 Å². The molecule has 1 heterocycles. The number of nitrogens with two attached hydrogens (primary N) is 1. The third kappa shape index (κ3) is 3.39.